The summed E-state index contributed by atoms with van der Waals surface area (Å²) in [6.07, 6.45) is 3.36. The number of rotatable bonds is 8. The van der Waals surface area contributed by atoms with Crippen molar-refractivity contribution in [1.82, 2.24) is 9.99 Å². The molecule has 152 valence electrons. The average Bonchev–Trinajstić information content (AvgIpc) is 3.33. The molecule has 0 unspecified atom stereocenters. The van der Waals surface area contributed by atoms with Crippen molar-refractivity contribution in [2.24, 2.45) is 5.10 Å². The highest BCUT2D eigenvalue weighted by Crippen LogP contribution is 2.17. The first-order chi connectivity index (χ1) is 14.0. The van der Waals surface area contributed by atoms with E-state index < -0.39 is 0 Å². The van der Waals surface area contributed by atoms with Gasteiger partial charge in [0.2, 0.25) is 0 Å². The molecule has 3 rings (SSSR count). The molecule has 2 aromatic heterocycles. The lowest BCUT2D eigenvalue weighted by Crippen LogP contribution is -2.22. The molecule has 29 heavy (non-hydrogen) atoms. The van der Waals surface area contributed by atoms with E-state index in [0.717, 1.165) is 41.5 Å². The second-order valence-corrected chi connectivity index (χ2v) is 6.91. The van der Waals surface area contributed by atoms with Gasteiger partial charge in [0.1, 0.15) is 5.76 Å². The molecule has 6 nitrogen and oxygen atoms in total. The number of anilines is 1. The predicted molar refractivity (Wildman–Crippen MR) is 117 cm³/mol. The van der Waals surface area contributed by atoms with Crippen molar-refractivity contribution in [2.45, 2.75) is 34.2 Å². The van der Waals surface area contributed by atoms with Gasteiger partial charge in [-0.2, -0.15) is 5.10 Å². The first-order valence-electron chi connectivity index (χ1n) is 9.91. The molecule has 0 radical (unpaired) electrons. The molecule has 0 saturated carbocycles. The van der Waals surface area contributed by atoms with Gasteiger partial charge in [0.25, 0.3) is 5.91 Å². The first kappa shape index (κ1) is 20.5. The van der Waals surface area contributed by atoms with Crippen LogP contribution in [0.1, 0.15) is 46.9 Å². The fourth-order valence-electron chi connectivity index (χ4n) is 3.40. The molecule has 0 atom stereocenters. The average molecular weight is 393 g/mol. The third-order valence-corrected chi connectivity index (χ3v) is 5.13. The Hall–Kier alpha value is -3.28. The van der Waals surface area contributed by atoms with E-state index in [9.17, 15) is 4.79 Å². The van der Waals surface area contributed by atoms with Crippen LogP contribution in [0.2, 0.25) is 0 Å². The molecule has 1 aromatic carbocycles. The van der Waals surface area contributed by atoms with Gasteiger partial charge in [-0.3, -0.25) is 4.79 Å². The van der Waals surface area contributed by atoms with Crippen LogP contribution in [0.4, 0.5) is 5.69 Å². The number of carbonyl (C=O) groups excluding carboxylic acids is 1. The summed E-state index contributed by atoms with van der Waals surface area (Å²) in [4.78, 5) is 14.6. The number of hydrogen-bond acceptors (Lipinski definition) is 4. The second kappa shape index (κ2) is 9.28. The number of aryl methyl sites for hydroxylation is 1. The van der Waals surface area contributed by atoms with Gasteiger partial charge in [-0.05, 0) is 70.2 Å². The zero-order valence-corrected chi connectivity index (χ0v) is 17.5. The van der Waals surface area contributed by atoms with Crippen LogP contribution in [0.25, 0.3) is 0 Å². The number of hydrogen-bond donors (Lipinski definition) is 1. The Morgan fingerprint density at radius 3 is 2.52 bits per heavy atom. The molecule has 1 N–H and O–H groups in total. The van der Waals surface area contributed by atoms with Gasteiger partial charge in [0, 0.05) is 41.3 Å². The van der Waals surface area contributed by atoms with E-state index in [-0.39, 0.29) is 5.91 Å². The number of carbonyl (C=O) groups is 1. The van der Waals surface area contributed by atoms with E-state index in [1.54, 1.807) is 12.5 Å². The molecular formula is C23H28N4O2. The molecule has 0 spiro atoms. The summed E-state index contributed by atoms with van der Waals surface area (Å²) in [7, 11) is 0. The topological polar surface area (TPSA) is 62.8 Å². The maximum Gasteiger partial charge on any atom is 0.271 e. The number of hydrazone groups is 1. The smallest absolute Gasteiger partial charge is 0.271 e. The van der Waals surface area contributed by atoms with Gasteiger partial charge >= 0.3 is 0 Å². The Morgan fingerprint density at radius 2 is 1.90 bits per heavy atom. The third kappa shape index (κ3) is 4.77. The van der Waals surface area contributed by atoms with E-state index >= 15 is 0 Å². The molecule has 6 heteroatoms. The summed E-state index contributed by atoms with van der Waals surface area (Å²) in [6.45, 7) is 10.8. The molecule has 0 bridgehead atoms. The summed E-state index contributed by atoms with van der Waals surface area (Å²) in [5.74, 6) is 0.675. The van der Waals surface area contributed by atoms with Gasteiger partial charge in [0.05, 0.1) is 19.0 Å². The van der Waals surface area contributed by atoms with Crippen LogP contribution in [0.3, 0.4) is 0 Å². The highest BCUT2D eigenvalue weighted by molar-refractivity contribution is 5.95. The minimum Gasteiger partial charge on any atom is -0.467 e. The van der Waals surface area contributed by atoms with Crippen LogP contribution in [0, 0.1) is 13.8 Å². The largest absolute Gasteiger partial charge is 0.467 e. The molecule has 0 aliphatic carbocycles. The maximum absolute atomic E-state index is 12.4. The van der Waals surface area contributed by atoms with Crippen LogP contribution in [0.5, 0.6) is 0 Å². The summed E-state index contributed by atoms with van der Waals surface area (Å²) < 4.78 is 7.60. The molecule has 2 heterocycles. The van der Waals surface area contributed by atoms with Crippen molar-refractivity contribution < 1.29 is 9.21 Å². The van der Waals surface area contributed by atoms with Crippen LogP contribution < -0.4 is 10.3 Å². The van der Waals surface area contributed by atoms with Gasteiger partial charge in [-0.25, -0.2) is 5.43 Å². The molecule has 0 aliphatic heterocycles. The van der Waals surface area contributed by atoms with E-state index in [4.69, 9.17) is 4.42 Å². The molecule has 1 amide bonds. The van der Waals surface area contributed by atoms with Gasteiger partial charge in [-0.1, -0.05) is 0 Å². The standard InChI is InChI=1S/C23H28N4O2/c1-5-26(6-2)21-11-9-19(10-12-21)23(28)25-24-15-20-14-17(3)27(18(20)4)16-22-8-7-13-29-22/h7-15H,5-6,16H2,1-4H3,(H,25,28)/b24-15-. The minimum atomic E-state index is -0.225. The summed E-state index contributed by atoms with van der Waals surface area (Å²) >= 11 is 0. The van der Waals surface area contributed by atoms with Gasteiger partial charge in [-0.15, -0.1) is 0 Å². The number of furan rings is 1. The predicted octanol–water partition coefficient (Wildman–Crippen LogP) is 4.36. The van der Waals surface area contributed by atoms with E-state index in [0.29, 0.717) is 12.1 Å². The Morgan fingerprint density at radius 1 is 1.17 bits per heavy atom. The Bertz CT molecular complexity index is 965. The summed E-state index contributed by atoms with van der Waals surface area (Å²) in [6, 6.07) is 13.5. The number of aromatic nitrogens is 1. The zero-order chi connectivity index (χ0) is 20.8. The van der Waals surface area contributed by atoms with Crippen LogP contribution in [0.15, 0.2) is 58.2 Å². The number of nitrogens with zero attached hydrogens (tertiary/aromatic N) is 3. The first-order valence-corrected chi connectivity index (χ1v) is 9.91. The highest BCUT2D eigenvalue weighted by atomic mass is 16.3. The van der Waals surface area contributed by atoms with E-state index in [1.807, 2.05) is 56.3 Å². The number of benzene rings is 1. The maximum atomic E-state index is 12.4. The monoisotopic (exact) mass is 392 g/mol. The lowest BCUT2D eigenvalue weighted by Gasteiger charge is -2.20. The van der Waals surface area contributed by atoms with Crippen molar-refractivity contribution in [2.75, 3.05) is 18.0 Å². The SMILES string of the molecule is CCN(CC)c1ccc(C(=O)N/N=C\c2cc(C)n(Cc3ccco3)c2C)cc1. The Balaban J connectivity index is 1.64. The fraction of sp³-hybridized carbons (Fsp3) is 0.304. The minimum absolute atomic E-state index is 0.225. The molecule has 0 fully saturated rings. The lowest BCUT2D eigenvalue weighted by atomic mass is 10.2. The Labute approximate surface area is 171 Å². The van der Waals surface area contributed by atoms with Gasteiger partial charge < -0.3 is 13.9 Å². The fourth-order valence-corrected chi connectivity index (χ4v) is 3.40. The van der Waals surface area contributed by atoms with Crippen LogP contribution in [-0.2, 0) is 6.54 Å². The van der Waals surface area contributed by atoms with Crippen molar-refractivity contribution in [3.05, 3.63) is 77.0 Å². The van der Waals surface area contributed by atoms with Crippen LogP contribution >= 0.6 is 0 Å². The quantitative estimate of drug-likeness (QED) is 0.458. The Kier molecular flexibility index (Phi) is 6.54. The molecular weight excluding hydrogens is 364 g/mol. The van der Waals surface area contributed by atoms with E-state index in [1.165, 1.54) is 0 Å². The molecule has 3 aromatic rings. The normalized spacial score (nSPS) is 11.2. The molecule has 0 aliphatic rings. The zero-order valence-electron chi connectivity index (χ0n) is 17.5. The van der Waals surface area contributed by atoms with Gasteiger partial charge in [0.15, 0.2) is 0 Å². The van der Waals surface area contributed by atoms with Crippen molar-refractivity contribution in [1.29, 1.82) is 0 Å². The summed E-state index contributed by atoms with van der Waals surface area (Å²) in [5.41, 5.74) is 7.45. The van der Waals surface area contributed by atoms with Crippen molar-refractivity contribution in [3.63, 3.8) is 0 Å². The van der Waals surface area contributed by atoms with Crippen molar-refractivity contribution in [3.8, 4) is 0 Å². The van der Waals surface area contributed by atoms with Crippen LogP contribution in [-0.4, -0.2) is 29.8 Å². The van der Waals surface area contributed by atoms with Crippen molar-refractivity contribution >= 4 is 17.8 Å². The lowest BCUT2D eigenvalue weighted by molar-refractivity contribution is 0.0955. The highest BCUT2D eigenvalue weighted by Gasteiger charge is 2.10. The third-order valence-electron chi connectivity index (χ3n) is 5.13. The number of amides is 1. The molecule has 0 saturated heterocycles. The number of nitrogens with one attached hydrogen (secondary N) is 1. The summed E-state index contributed by atoms with van der Waals surface area (Å²) in [5, 5.41) is 4.15. The van der Waals surface area contributed by atoms with E-state index in [2.05, 4.69) is 33.8 Å². The second-order valence-electron chi connectivity index (χ2n) is 6.91.